The molecule has 76 valence electrons. The summed E-state index contributed by atoms with van der Waals surface area (Å²) in [6.45, 7) is 0. The Labute approximate surface area is 88.0 Å². The van der Waals surface area contributed by atoms with Crippen LogP contribution in [0.5, 0.6) is 0 Å². The van der Waals surface area contributed by atoms with Gasteiger partial charge in [-0.3, -0.25) is 0 Å². The normalized spacial score (nSPS) is 27.1. The summed E-state index contributed by atoms with van der Waals surface area (Å²) in [5.74, 6) is 0.720. The molecular weight excluding hydrogens is 194 g/mol. The van der Waals surface area contributed by atoms with E-state index in [2.05, 4.69) is 4.98 Å². The Bertz CT molecular complexity index is 343. The smallest absolute Gasteiger partial charge is 0.0963 e. The maximum atomic E-state index is 9.82. The molecule has 0 saturated heterocycles. The Morgan fingerprint density at radius 2 is 2.07 bits per heavy atom. The third-order valence-corrected chi connectivity index (χ3v) is 4.75. The van der Waals surface area contributed by atoms with Gasteiger partial charge >= 0.3 is 0 Å². The first-order valence-electron chi connectivity index (χ1n) is 5.52. The van der Waals surface area contributed by atoms with Gasteiger partial charge in [0.05, 0.1) is 21.7 Å². The molecule has 1 N–H and O–H groups in total. The fraction of sp³-hybridized carbons (Fsp3) is 0.727. The van der Waals surface area contributed by atoms with E-state index < -0.39 is 0 Å². The van der Waals surface area contributed by atoms with Gasteiger partial charge in [0.15, 0.2) is 0 Å². The molecule has 1 saturated carbocycles. The highest BCUT2D eigenvalue weighted by Crippen LogP contribution is 2.42. The molecule has 0 bridgehead atoms. The Morgan fingerprint density at radius 3 is 2.71 bits per heavy atom. The average molecular weight is 209 g/mol. The number of nitrogens with zero attached hydrogens (tertiary/aromatic N) is 1. The molecule has 1 atom stereocenters. The second-order valence-electron chi connectivity index (χ2n) is 4.40. The quantitative estimate of drug-likeness (QED) is 0.771. The summed E-state index contributed by atoms with van der Waals surface area (Å²) in [6, 6.07) is 0. The lowest BCUT2D eigenvalue weighted by Gasteiger charge is -2.22. The van der Waals surface area contributed by atoms with Crippen LogP contribution >= 0.6 is 11.3 Å². The van der Waals surface area contributed by atoms with E-state index in [0.717, 1.165) is 30.1 Å². The summed E-state index contributed by atoms with van der Waals surface area (Å²) in [4.78, 5) is 5.85. The molecule has 14 heavy (non-hydrogen) atoms. The lowest BCUT2D eigenvalue weighted by Crippen LogP contribution is -2.08. The Balaban J connectivity index is 1.93. The molecule has 2 nitrogen and oxygen atoms in total. The van der Waals surface area contributed by atoms with E-state index in [9.17, 15) is 5.11 Å². The summed E-state index contributed by atoms with van der Waals surface area (Å²) < 4.78 is 0. The number of hydrogen-bond acceptors (Lipinski definition) is 3. The molecule has 2 aliphatic carbocycles. The van der Waals surface area contributed by atoms with Gasteiger partial charge in [-0.2, -0.15) is 0 Å². The molecule has 1 aromatic rings. The monoisotopic (exact) mass is 209 g/mol. The van der Waals surface area contributed by atoms with Crippen LogP contribution in [0, 0.1) is 0 Å². The van der Waals surface area contributed by atoms with E-state index in [1.807, 2.05) is 0 Å². The number of aromatic nitrogens is 1. The van der Waals surface area contributed by atoms with E-state index >= 15 is 0 Å². The van der Waals surface area contributed by atoms with Crippen LogP contribution in [0.2, 0.25) is 0 Å². The first kappa shape index (κ1) is 8.86. The Hall–Kier alpha value is -0.410. The van der Waals surface area contributed by atoms with Gasteiger partial charge < -0.3 is 5.11 Å². The van der Waals surface area contributed by atoms with Gasteiger partial charge in [-0.15, -0.1) is 11.3 Å². The molecule has 2 aliphatic rings. The minimum atomic E-state index is -0.218. The first-order chi connectivity index (χ1) is 6.84. The summed E-state index contributed by atoms with van der Waals surface area (Å²) in [5.41, 5.74) is 1.19. The van der Waals surface area contributed by atoms with Crippen LogP contribution in [0.3, 0.4) is 0 Å². The zero-order chi connectivity index (χ0) is 9.54. The van der Waals surface area contributed by atoms with Crippen molar-refractivity contribution in [3.63, 3.8) is 0 Å². The lowest BCUT2D eigenvalue weighted by molar-refractivity contribution is 0.160. The zero-order valence-corrected chi connectivity index (χ0v) is 9.02. The second kappa shape index (κ2) is 3.31. The molecule has 1 unspecified atom stereocenters. The van der Waals surface area contributed by atoms with Crippen LogP contribution in [0.1, 0.15) is 59.7 Å². The second-order valence-corrected chi connectivity index (χ2v) is 5.46. The highest BCUT2D eigenvalue weighted by molar-refractivity contribution is 7.11. The van der Waals surface area contributed by atoms with E-state index in [0.29, 0.717) is 0 Å². The topological polar surface area (TPSA) is 33.1 Å². The van der Waals surface area contributed by atoms with Crippen molar-refractivity contribution >= 4 is 11.3 Å². The summed E-state index contributed by atoms with van der Waals surface area (Å²) in [7, 11) is 0. The molecule has 1 aromatic heterocycles. The minimum Gasteiger partial charge on any atom is -0.388 e. The van der Waals surface area contributed by atoms with Gasteiger partial charge in [-0.1, -0.05) is 6.42 Å². The number of thiazole rings is 1. The lowest BCUT2D eigenvalue weighted by atomic mass is 9.86. The van der Waals surface area contributed by atoms with Crippen molar-refractivity contribution in [1.29, 1.82) is 0 Å². The third-order valence-electron chi connectivity index (χ3n) is 3.39. The predicted octanol–water partition coefficient (Wildman–Crippen LogP) is 2.78. The Morgan fingerprint density at radius 1 is 1.21 bits per heavy atom. The molecule has 1 fully saturated rings. The molecule has 1 heterocycles. The molecule has 3 rings (SSSR count). The largest absolute Gasteiger partial charge is 0.388 e. The van der Waals surface area contributed by atoms with Crippen LogP contribution < -0.4 is 0 Å². The maximum absolute atomic E-state index is 9.82. The molecule has 0 amide bonds. The van der Waals surface area contributed by atoms with Gasteiger partial charge in [0.1, 0.15) is 0 Å². The molecule has 0 spiro atoms. The van der Waals surface area contributed by atoms with Crippen molar-refractivity contribution < 1.29 is 5.11 Å². The van der Waals surface area contributed by atoms with Crippen molar-refractivity contribution in [1.82, 2.24) is 4.98 Å². The van der Waals surface area contributed by atoms with Gasteiger partial charge in [0, 0.05) is 5.92 Å². The summed E-state index contributed by atoms with van der Waals surface area (Å²) >= 11 is 1.77. The van der Waals surface area contributed by atoms with Gasteiger partial charge in [-0.25, -0.2) is 4.98 Å². The van der Waals surface area contributed by atoms with Crippen molar-refractivity contribution in [3.8, 4) is 0 Å². The van der Waals surface area contributed by atoms with Gasteiger partial charge in [0.2, 0.25) is 0 Å². The van der Waals surface area contributed by atoms with Crippen molar-refractivity contribution in [3.05, 3.63) is 15.6 Å². The van der Waals surface area contributed by atoms with E-state index in [-0.39, 0.29) is 6.10 Å². The molecule has 3 heteroatoms. The predicted molar refractivity (Wildman–Crippen MR) is 56.6 cm³/mol. The minimum absolute atomic E-state index is 0.218. The van der Waals surface area contributed by atoms with Crippen LogP contribution in [-0.2, 0) is 6.42 Å². The number of aliphatic hydroxyl groups excluding tert-OH is 1. The number of hydrogen-bond donors (Lipinski definition) is 1. The SMILES string of the molecule is OC1CCCc2nc(C3CCC3)sc21. The van der Waals surface area contributed by atoms with Gasteiger partial charge in [-0.05, 0) is 32.1 Å². The fourth-order valence-electron chi connectivity index (χ4n) is 2.25. The van der Waals surface area contributed by atoms with Crippen LogP contribution in [-0.4, -0.2) is 10.1 Å². The molecular formula is C11H15NOS. The summed E-state index contributed by atoms with van der Waals surface area (Å²) in [6.07, 6.45) is 6.87. The maximum Gasteiger partial charge on any atom is 0.0963 e. The standard InChI is InChI=1S/C11H15NOS/c13-9-6-2-5-8-10(9)14-11(12-8)7-3-1-4-7/h7,9,13H,1-6H2. The number of fused-ring (bicyclic) bond motifs is 1. The van der Waals surface area contributed by atoms with Crippen molar-refractivity contribution in [2.24, 2.45) is 0 Å². The van der Waals surface area contributed by atoms with E-state index in [1.165, 1.54) is 30.0 Å². The van der Waals surface area contributed by atoms with E-state index in [1.54, 1.807) is 11.3 Å². The molecule has 0 aromatic carbocycles. The number of aryl methyl sites for hydroxylation is 1. The van der Waals surface area contributed by atoms with E-state index in [4.69, 9.17) is 0 Å². The molecule has 0 aliphatic heterocycles. The highest BCUT2D eigenvalue weighted by Gasteiger charge is 2.28. The van der Waals surface area contributed by atoms with Crippen LogP contribution in [0.15, 0.2) is 0 Å². The van der Waals surface area contributed by atoms with Crippen molar-refractivity contribution in [2.75, 3.05) is 0 Å². The van der Waals surface area contributed by atoms with Crippen LogP contribution in [0.25, 0.3) is 0 Å². The fourth-order valence-corrected chi connectivity index (χ4v) is 3.55. The first-order valence-corrected chi connectivity index (χ1v) is 6.34. The van der Waals surface area contributed by atoms with Crippen LogP contribution in [0.4, 0.5) is 0 Å². The highest BCUT2D eigenvalue weighted by atomic mass is 32.1. The average Bonchev–Trinajstić information content (AvgIpc) is 2.46. The number of aliphatic hydroxyl groups is 1. The third kappa shape index (κ3) is 1.30. The number of rotatable bonds is 1. The van der Waals surface area contributed by atoms with Gasteiger partial charge in [0.25, 0.3) is 0 Å². The molecule has 0 radical (unpaired) electrons. The van der Waals surface area contributed by atoms with Crippen molar-refractivity contribution in [2.45, 2.75) is 50.5 Å². The Kier molecular flexibility index (Phi) is 2.10. The zero-order valence-electron chi connectivity index (χ0n) is 8.20. The summed E-state index contributed by atoms with van der Waals surface area (Å²) in [5, 5.41) is 11.1.